The molecule has 17 heavy (non-hydrogen) atoms. The number of amides is 1. The number of rotatable bonds is 6. The standard InChI is InChI=1S/C13H20N2O2/c1-10(4-3-9-14)15-13(16)11-5-7-12(17-2)8-6-11/h5-8,10H,3-4,9,14H2,1-2H3,(H,15,16). The second kappa shape index (κ2) is 6.91. The molecule has 0 saturated heterocycles. The quantitative estimate of drug-likeness (QED) is 0.787. The van der Waals surface area contributed by atoms with Crippen LogP contribution in [-0.4, -0.2) is 25.6 Å². The van der Waals surface area contributed by atoms with E-state index in [1.807, 2.05) is 6.92 Å². The lowest BCUT2D eigenvalue weighted by atomic mass is 10.1. The summed E-state index contributed by atoms with van der Waals surface area (Å²) in [6, 6.07) is 7.21. The van der Waals surface area contributed by atoms with Crippen molar-refractivity contribution >= 4 is 5.91 Å². The van der Waals surface area contributed by atoms with Crippen LogP contribution in [-0.2, 0) is 0 Å². The van der Waals surface area contributed by atoms with Crippen LogP contribution in [0.15, 0.2) is 24.3 Å². The van der Waals surface area contributed by atoms with Gasteiger partial charge in [-0.3, -0.25) is 4.79 Å². The van der Waals surface area contributed by atoms with Crippen molar-refractivity contribution in [1.29, 1.82) is 0 Å². The molecule has 0 spiro atoms. The third-order valence-corrected chi connectivity index (χ3v) is 2.57. The molecule has 0 aliphatic rings. The van der Waals surface area contributed by atoms with Gasteiger partial charge in [-0.1, -0.05) is 0 Å². The van der Waals surface area contributed by atoms with Crippen molar-refractivity contribution in [2.75, 3.05) is 13.7 Å². The highest BCUT2D eigenvalue weighted by molar-refractivity contribution is 5.94. The van der Waals surface area contributed by atoms with Crippen LogP contribution >= 0.6 is 0 Å². The average Bonchev–Trinajstić information content (AvgIpc) is 2.36. The van der Waals surface area contributed by atoms with E-state index in [2.05, 4.69) is 5.32 Å². The van der Waals surface area contributed by atoms with Gasteiger partial charge in [-0.2, -0.15) is 0 Å². The molecule has 1 atom stereocenters. The Balaban J connectivity index is 2.51. The molecule has 1 aromatic rings. The van der Waals surface area contributed by atoms with Gasteiger partial charge in [-0.25, -0.2) is 0 Å². The first-order chi connectivity index (χ1) is 8.17. The molecular formula is C13H20N2O2. The highest BCUT2D eigenvalue weighted by Gasteiger charge is 2.09. The van der Waals surface area contributed by atoms with Gasteiger partial charge in [0.25, 0.3) is 5.91 Å². The maximum absolute atomic E-state index is 11.8. The predicted molar refractivity (Wildman–Crippen MR) is 68.2 cm³/mol. The van der Waals surface area contributed by atoms with Crippen molar-refractivity contribution in [3.8, 4) is 5.75 Å². The Hall–Kier alpha value is -1.55. The zero-order valence-corrected chi connectivity index (χ0v) is 10.4. The van der Waals surface area contributed by atoms with E-state index in [-0.39, 0.29) is 11.9 Å². The molecular weight excluding hydrogens is 216 g/mol. The first kappa shape index (κ1) is 13.5. The third-order valence-electron chi connectivity index (χ3n) is 2.57. The Morgan fingerprint density at radius 1 is 1.41 bits per heavy atom. The van der Waals surface area contributed by atoms with Gasteiger partial charge >= 0.3 is 0 Å². The Bertz CT molecular complexity index is 349. The zero-order chi connectivity index (χ0) is 12.7. The molecule has 0 saturated carbocycles. The zero-order valence-electron chi connectivity index (χ0n) is 10.4. The number of nitrogens with two attached hydrogens (primary N) is 1. The lowest BCUT2D eigenvalue weighted by molar-refractivity contribution is 0.0938. The molecule has 0 fully saturated rings. The lowest BCUT2D eigenvalue weighted by Gasteiger charge is -2.13. The molecule has 1 unspecified atom stereocenters. The Labute approximate surface area is 102 Å². The first-order valence-electron chi connectivity index (χ1n) is 5.82. The van der Waals surface area contributed by atoms with Crippen LogP contribution < -0.4 is 15.8 Å². The second-order valence-corrected chi connectivity index (χ2v) is 4.03. The van der Waals surface area contributed by atoms with E-state index in [9.17, 15) is 4.79 Å². The van der Waals surface area contributed by atoms with Gasteiger partial charge in [0.15, 0.2) is 0 Å². The van der Waals surface area contributed by atoms with Gasteiger partial charge in [0, 0.05) is 11.6 Å². The number of methoxy groups -OCH3 is 1. The molecule has 0 heterocycles. The first-order valence-corrected chi connectivity index (χ1v) is 5.82. The fourth-order valence-corrected chi connectivity index (χ4v) is 1.55. The summed E-state index contributed by atoms with van der Waals surface area (Å²) in [7, 11) is 1.60. The monoisotopic (exact) mass is 236 g/mol. The molecule has 1 rings (SSSR count). The fraction of sp³-hybridized carbons (Fsp3) is 0.462. The van der Waals surface area contributed by atoms with Gasteiger partial charge in [-0.15, -0.1) is 0 Å². The van der Waals surface area contributed by atoms with Crippen molar-refractivity contribution in [2.45, 2.75) is 25.8 Å². The summed E-state index contributed by atoms with van der Waals surface area (Å²) in [5.41, 5.74) is 6.07. The summed E-state index contributed by atoms with van der Waals surface area (Å²) < 4.78 is 5.04. The molecule has 0 aliphatic heterocycles. The van der Waals surface area contributed by atoms with E-state index in [1.54, 1.807) is 31.4 Å². The van der Waals surface area contributed by atoms with Crippen LogP contribution in [0.4, 0.5) is 0 Å². The van der Waals surface area contributed by atoms with E-state index in [1.165, 1.54) is 0 Å². The Morgan fingerprint density at radius 2 is 2.06 bits per heavy atom. The smallest absolute Gasteiger partial charge is 0.251 e. The molecule has 4 nitrogen and oxygen atoms in total. The van der Waals surface area contributed by atoms with Crippen LogP contribution in [0.2, 0.25) is 0 Å². The molecule has 0 aliphatic carbocycles. The van der Waals surface area contributed by atoms with E-state index in [0.29, 0.717) is 12.1 Å². The number of carbonyl (C=O) groups is 1. The van der Waals surface area contributed by atoms with Crippen molar-refractivity contribution in [2.24, 2.45) is 5.73 Å². The van der Waals surface area contributed by atoms with Crippen molar-refractivity contribution in [1.82, 2.24) is 5.32 Å². The molecule has 0 radical (unpaired) electrons. The Kier molecular flexibility index (Phi) is 5.49. The number of carbonyl (C=O) groups excluding carboxylic acids is 1. The largest absolute Gasteiger partial charge is 0.497 e. The lowest BCUT2D eigenvalue weighted by Crippen LogP contribution is -2.32. The van der Waals surface area contributed by atoms with E-state index in [4.69, 9.17) is 10.5 Å². The minimum absolute atomic E-state index is 0.0582. The summed E-state index contributed by atoms with van der Waals surface area (Å²) in [6.45, 7) is 2.64. The molecule has 3 N–H and O–H groups in total. The van der Waals surface area contributed by atoms with Crippen LogP contribution in [0.3, 0.4) is 0 Å². The minimum atomic E-state index is -0.0582. The molecule has 4 heteroatoms. The number of nitrogens with one attached hydrogen (secondary N) is 1. The summed E-state index contributed by atoms with van der Waals surface area (Å²) in [5.74, 6) is 0.690. The van der Waals surface area contributed by atoms with Crippen molar-refractivity contribution in [3.05, 3.63) is 29.8 Å². The number of benzene rings is 1. The maximum atomic E-state index is 11.8. The molecule has 0 aromatic heterocycles. The topological polar surface area (TPSA) is 64.3 Å². The summed E-state index contributed by atoms with van der Waals surface area (Å²) >= 11 is 0. The van der Waals surface area contributed by atoms with Crippen LogP contribution in [0, 0.1) is 0 Å². The average molecular weight is 236 g/mol. The summed E-state index contributed by atoms with van der Waals surface area (Å²) in [6.07, 6.45) is 1.82. The minimum Gasteiger partial charge on any atom is -0.497 e. The van der Waals surface area contributed by atoms with E-state index >= 15 is 0 Å². The number of hydrogen-bond donors (Lipinski definition) is 2. The second-order valence-electron chi connectivity index (χ2n) is 4.03. The summed E-state index contributed by atoms with van der Waals surface area (Å²) in [4.78, 5) is 11.8. The van der Waals surface area contributed by atoms with Gasteiger partial charge in [0.2, 0.25) is 0 Å². The van der Waals surface area contributed by atoms with E-state index in [0.717, 1.165) is 18.6 Å². The van der Waals surface area contributed by atoms with Crippen molar-refractivity contribution < 1.29 is 9.53 Å². The number of hydrogen-bond acceptors (Lipinski definition) is 3. The molecule has 1 amide bonds. The Morgan fingerprint density at radius 3 is 2.59 bits per heavy atom. The molecule has 0 bridgehead atoms. The van der Waals surface area contributed by atoms with Gasteiger partial charge in [0.1, 0.15) is 5.75 Å². The van der Waals surface area contributed by atoms with Gasteiger partial charge in [-0.05, 0) is 50.6 Å². The highest BCUT2D eigenvalue weighted by atomic mass is 16.5. The normalized spacial score (nSPS) is 11.9. The van der Waals surface area contributed by atoms with Crippen LogP contribution in [0.5, 0.6) is 5.75 Å². The molecule has 94 valence electrons. The highest BCUT2D eigenvalue weighted by Crippen LogP contribution is 2.11. The van der Waals surface area contributed by atoms with Crippen molar-refractivity contribution in [3.63, 3.8) is 0 Å². The molecule has 1 aromatic carbocycles. The summed E-state index contributed by atoms with van der Waals surface area (Å²) in [5, 5.41) is 2.93. The van der Waals surface area contributed by atoms with Gasteiger partial charge < -0.3 is 15.8 Å². The van der Waals surface area contributed by atoms with Crippen LogP contribution in [0.25, 0.3) is 0 Å². The predicted octanol–water partition coefficient (Wildman–Crippen LogP) is 1.55. The fourth-order valence-electron chi connectivity index (χ4n) is 1.55. The SMILES string of the molecule is COc1ccc(C(=O)NC(C)CCCN)cc1. The third kappa shape index (κ3) is 4.44. The number of ether oxygens (including phenoxy) is 1. The van der Waals surface area contributed by atoms with Gasteiger partial charge in [0.05, 0.1) is 7.11 Å². The maximum Gasteiger partial charge on any atom is 0.251 e. The van der Waals surface area contributed by atoms with Crippen LogP contribution in [0.1, 0.15) is 30.1 Å². The van der Waals surface area contributed by atoms with E-state index < -0.39 is 0 Å².